The van der Waals surface area contributed by atoms with Crippen LogP contribution in [0.4, 0.5) is 0 Å². The molecule has 0 radical (unpaired) electrons. The first-order chi connectivity index (χ1) is 8.19. The predicted octanol–water partition coefficient (Wildman–Crippen LogP) is 4.38. The van der Waals surface area contributed by atoms with Crippen molar-refractivity contribution < 1.29 is 0 Å². The molecule has 2 nitrogen and oxygen atoms in total. The van der Waals surface area contributed by atoms with Crippen LogP contribution in [0, 0.1) is 0 Å². The van der Waals surface area contributed by atoms with E-state index in [9.17, 15) is 0 Å². The molecule has 0 fully saturated rings. The highest BCUT2D eigenvalue weighted by atomic mass is 79.9. The summed E-state index contributed by atoms with van der Waals surface area (Å²) in [5, 5.41) is 4.39. The normalized spacial score (nSPS) is 12.6. The summed E-state index contributed by atoms with van der Waals surface area (Å²) in [6.45, 7) is 2.84. The zero-order valence-electron chi connectivity index (χ0n) is 9.61. The maximum atomic E-state index is 6.17. The molecule has 0 amide bonds. The van der Waals surface area contributed by atoms with Crippen molar-refractivity contribution in [1.29, 1.82) is 0 Å². The van der Waals surface area contributed by atoms with Crippen molar-refractivity contribution in [3.63, 3.8) is 0 Å². The summed E-state index contributed by atoms with van der Waals surface area (Å²) in [4.78, 5) is 0. The summed E-state index contributed by atoms with van der Waals surface area (Å²) in [6.07, 6.45) is 4.78. The molecule has 0 saturated carbocycles. The maximum absolute atomic E-state index is 6.17. The van der Waals surface area contributed by atoms with Crippen molar-refractivity contribution in [2.75, 3.05) is 0 Å². The van der Waals surface area contributed by atoms with Gasteiger partial charge < -0.3 is 0 Å². The maximum Gasteiger partial charge on any atom is 0.0659 e. The standard InChI is InChI=1S/C13H14BrClN2/c1-2-13(15)11-7-16-17(9-11)8-10-4-3-5-12(14)6-10/h3-7,9,13H,2,8H2,1H3. The molecule has 1 atom stereocenters. The highest BCUT2D eigenvalue weighted by Crippen LogP contribution is 2.23. The molecule has 1 aromatic heterocycles. The van der Waals surface area contributed by atoms with Gasteiger partial charge in [0.25, 0.3) is 0 Å². The molecular weight excluding hydrogens is 300 g/mol. The second kappa shape index (κ2) is 5.69. The molecule has 90 valence electrons. The van der Waals surface area contributed by atoms with Crippen molar-refractivity contribution >= 4 is 27.5 Å². The number of rotatable bonds is 4. The lowest BCUT2D eigenvalue weighted by atomic mass is 10.2. The first kappa shape index (κ1) is 12.7. The number of aromatic nitrogens is 2. The topological polar surface area (TPSA) is 17.8 Å². The first-order valence-electron chi connectivity index (χ1n) is 5.60. The Morgan fingerprint density at radius 3 is 3.00 bits per heavy atom. The molecule has 0 saturated heterocycles. The van der Waals surface area contributed by atoms with Gasteiger partial charge in [-0.15, -0.1) is 11.6 Å². The van der Waals surface area contributed by atoms with E-state index >= 15 is 0 Å². The quantitative estimate of drug-likeness (QED) is 0.766. The molecular formula is C13H14BrClN2. The van der Waals surface area contributed by atoms with Crippen molar-refractivity contribution in [3.8, 4) is 0 Å². The van der Waals surface area contributed by atoms with Crippen LogP contribution < -0.4 is 0 Å². The molecule has 0 bridgehead atoms. The molecule has 0 aliphatic carbocycles. The van der Waals surface area contributed by atoms with Crippen LogP contribution in [0.15, 0.2) is 41.1 Å². The van der Waals surface area contributed by atoms with Gasteiger partial charge in [-0.25, -0.2) is 0 Å². The van der Waals surface area contributed by atoms with E-state index in [0.717, 1.165) is 23.0 Å². The van der Waals surface area contributed by atoms with Crippen molar-refractivity contribution in [1.82, 2.24) is 9.78 Å². The first-order valence-corrected chi connectivity index (χ1v) is 6.83. The second-order valence-electron chi connectivity index (χ2n) is 3.98. The molecule has 1 unspecified atom stereocenters. The average molecular weight is 314 g/mol. The number of benzene rings is 1. The minimum atomic E-state index is 0.0614. The molecule has 1 aromatic carbocycles. The van der Waals surface area contributed by atoms with E-state index < -0.39 is 0 Å². The fraction of sp³-hybridized carbons (Fsp3) is 0.308. The Morgan fingerprint density at radius 2 is 2.29 bits per heavy atom. The van der Waals surface area contributed by atoms with Gasteiger partial charge in [-0.05, 0) is 24.1 Å². The average Bonchev–Trinajstić information content (AvgIpc) is 2.76. The van der Waals surface area contributed by atoms with Crippen molar-refractivity contribution in [2.24, 2.45) is 0 Å². The molecule has 17 heavy (non-hydrogen) atoms. The number of nitrogens with zero attached hydrogens (tertiary/aromatic N) is 2. The van der Waals surface area contributed by atoms with E-state index in [1.54, 1.807) is 0 Å². The number of halogens is 2. The van der Waals surface area contributed by atoms with Gasteiger partial charge in [-0.3, -0.25) is 4.68 Å². The van der Waals surface area contributed by atoms with Gasteiger partial charge in [-0.1, -0.05) is 35.0 Å². The van der Waals surface area contributed by atoms with Crippen LogP contribution in [0.25, 0.3) is 0 Å². The Bertz CT molecular complexity index is 496. The van der Waals surface area contributed by atoms with Crippen LogP contribution in [0.5, 0.6) is 0 Å². The van der Waals surface area contributed by atoms with Gasteiger partial charge in [0.1, 0.15) is 0 Å². The van der Waals surface area contributed by atoms with Crippen molar-refractivity contribution in [2.45, 2.75) is 25.3 Å². The molecule has 4 heteroatoms. The SMILES string of the molecule is CCC(Cl)c1cnn(Cc2cccc(Br)c2)c1. The van der Waals surface area contributed by atoms with E-state index in [2.05, 4.69) is 40.1 Å². The van der Waals surface area contributed by atoms with Crippen LogP contribution in [-0.2, 0) is 6.54 Å². The van der Waals surface area contributed by atoms with Crippen LogP contribution in [-0.4, -0.2) is 9.78 Å². The van der Waals surface area contributed by atoms with Gasteiger partial charge >= 0.3 is 0 Å². The van der Waals surface area contributed by atoms with E-state index in [0.29, 0.717) is 0 Å². The highest BCUT2D eigenvalue weighted by Gasteiger charge is 2.07. The fourth-order valence-electron chi connectivity index (χ4n) is 1.69. The smallest absolute Gasteiger partial charge is 0.0659 e. The summed E-state index contributed by atoms with van der Waals surface area (Å²) in [7, 11) is 0. The Hall–Kier alpha value is -0.800. The summed E-state index contributed by atoms with van der Waals surface area (Å²) >= 11 is 9.64. The van der Waals surface area contributed by atoms with E-state index in [1.807, 2.05) is 29.2 Å². The highest BCUT2D eigenvalue weighted by molar-refractivity contribution is 9.10. The third kappa shape index (κ3) is 3.33. The Balaban J connectivity index is 2.11. The van der Waals surface area contributed by atoms with Crippen LogP contribution in [0.2, 0.25) is 0 Å². The molecule has 0 aliphatic rings. The van der Waals surface area contributed by atoms with Crippen LogP contribution in [0.3, 0.4) is 0 Å². The van der Waals surface area contributed by atoms with Gasteiger partial charge in [0.2, 0.25) is 0 Å². The Kier molecular flexibility index (Phi) is 4.24. The predicted molar refractivity (Wildman–Crippen MR) is 74.4 cm³/mol. The van der Waals surface area contributed by atoms with Gasteiger partial charge in [0.15, 0.2) is 0 Å². The van der Waals surface area contributed by atoms with Gasteiger partial charge in [0.05, 0.1) is 18.1 Å². The molecule has 0 N–H and O–H groups in total. The monoisotopic (exact) mass is 312 g/mol. The lowest BCUT2D eigenvalue weighted by Crippen LogP contribution is -1.99. The Labute approximate surface area is 115 Å². The van der Waals surface area contributed by atoms with E-state index in [1.165, 1.54) is 5.56 Å². The number of hydrogen-bond acceptors (Lipinski definition) is 1. The zero-order chi connectivity index (χ0) is 12.3. The largest absolute Gasteiger partial charge is 0.268 e. The van der Waals surface area contributed by atoms with Crippen LogP contribution >= 0.6 is 27.5 Å². The summed E-state index contributed by atoms with van der Waals surface area (Å²) in [5.41, 5.74) is 2.31. The zero-order valence-corrected chi connectivity index (χ0v) is 11.9. The van der Waals surface area contributed by atoms with Crippen LogP contribution in [0.1, 0.15) is 29.8 Å². The van der Waals surface area contributed by atoms with Gasteiger partial charge in [0, 0.05) is 16.2 Å². The third-order valence-corrected chi connectivity index (χ3v) is 3.66. The second-order valence-corrected chi connectivity index (χ2v) is 5.42. The summed E-state index contributed by atoms with van der Waals surface area (Å²) in [5.74, 6) is 0. The number of alkyl halides is 1. The Morgan fingerprint density at radius 1 is 1.47 bits per heavy atom. The van der Waals surface area contributed by atoms with Gasteiger partial charge in [-0.2, -0.15) is 5.10 Å². The van der Waals surface area contributed by atoms with E-state index in [-0.39, 0.29) is 5.38 Å². The number of hydrogen-bond donors (Lipinski definition) is 0. The fourth-order valence-corrected chi connectivity index (χ4v) is 2.25. The minimum absolute atomic E-state index is 0.0614. The molecule has 0 spiro atoms. The minimum Gasteiger partial charge on any atom is -0.268 e. The molecule has 1 heterocycles. The molecule has 2 aromatic rings. The lowest BCUT2D eigenvalue weighted by molar-refractivity contribution is 0.685. The van der Waals surface area contributed by atoms with Crippen molar-refractivity contribution in [3.05, 3.63) is 52.3 Å². The molecule has 2 rings (SSSR count). The summed E-state index contributed by atoms with van der Waals surface area (Å²) in [6, 6.07) is 8.23. The summed E-state index contributed by atoms with van der Waals surface area (Å²) < 4.78 is 3.01. The molecule has 0 aliphatic heterocycles. The lowest BCUT2D eigenvalue weighted by Gasteiger charge is -2.03. The third-order valence-electron chi connectivity index (χ3n) is 2.61. The van der Waals surface area contributed by atoms with E-state index in [4.69, 9.17) is 11.6 Å².